The van der Waals surface area contributed by atoms with E-state index >= 15 is 0 Å². The Morgan fingerprint density at radius 3 is 2.30 bits per heavy atom. The molecule has 0 bridgehead atoms. The summed E-state index contributed by atoms with van der Waals surface area (Å²) in [6.45, 7) is 5.79. The fourth-order valence-corrected chi connectivity index (χ4v) is 0.429. The van der Waals surface area contributed by atoms with Gasteiger partial charge in [0.15, 0.2) is 0 Å². The van der Waals surface area contributed by atoms with Gasteiger partial charge < -0.3 is 5.11 Å². The highest BCUT2D eigenvalue weighted by Gasteiger charge is 2.19. The molecule has 0 spiro atoms. The van der Waals surface area contributed by atoms with E-state index in [4.69, 9.17) is 11.6 Å². The van der Waals surface area contributed by atoms with E-state index in [0.717, 1.165) is 0 Å². The van der Waals surface area contributed by atoms with Gasteiger partial charge in [0, 0.05) is 0 Å². The lowest BCUT2D eigenvalue weighted by atomic mass is 9.90. The molecule has 0 radical (unpaired) electrons. The van der Waals surface area contributed by atoms with E-state index < -0.39 is 6.10 Å². The number of halogens is 1. The Balaban J connectivity index is 3.97. The molecule has 0 rings (SSSR count). The van der Waals surface area contributed by atoms with E-state index in [9.17, 15) is 5.11 Å². The summed E-state index contributed by atoms with van der Waals surface area (Å²) in [6.07, 6.45) is -0.578. The van der Waals surface area contributed by atoms with Crippen molar-refractivity contribution in [3.05, 3.63) is 0 Å². The van der Waals surface area contributed by atoms with Gasteiger partial charge in [-0.25, -0.2) is 0 Å². The van der Waals surface area contributed by atoms with Crippen LogP contribution in [0.25, 0.3) is 0 Å². The molecular weight excluding hydrogens is 148 g/mol. The lowest BCUT2D eigenvalue weighted by molar-refractivity contribution is 0.114. The highest BCUT2D eigenvalue weighted by molar-refractivity contribution is 6.19. The van der Waals surface area contributed by atoms with Crippen LogP contribution in [0, 0.1) is 17.3 Å². The summed E-state index contributed by atoms with van der Waals surface area (Å²) in [6, 6.07) is 0. The van der Waals surface area contributed by atoms with Gasteiger partial charge in [-0.2, -0.15) is 0 Å². The number of aliphatic hydroxyl groups is 1. The molecule has 0 aliphatic carbocycles. The molecule has 0 fully saturated rings. The van der Waals surface area contributed by atoms with Crippen LogP contribution in [-0.2, 0) is 0 Å². The van der Waals surface area contributed by atoms with Crippen molar-refractivity contribution in [2.24, 2.45) is 5.41 Å². The number of rotatable bonds is 0. The predicted octanol–water partition coefficient (Wildman–Crippen LogP) is 1.64. The molecule has 0 amide bonds. The van der Waals surface area contributed by atoms with Gasteiger partial charge in [0.05, 0.1) is 5.88 Å². The molecule has 1 unspecified atom stereocenters. The average Bonchev–Trinajstić information content (AvgIpc) is 1.80. The van der Waals surface area contributed by atoms with Crippen molar-refractivity contribution >= 4 is 11.6 Å². The van der Waals surface area contributed by atoms with Crippen LogP contribution in [0.1, 0.15) is 20.8 Å². The van der Waals surface area contributed by atoms with Gasteiger partial charge in [-0.05, 0) is 5.41 Å². The Bertz CT molecular complexity index is 147. The van der Waals surface area contributed by atoms with Crippen molar-refractivity contribution in [3.63, 3.8) is 0 Å². The van der Waals surface area contributed by atoms with Crippen LogP contribution in [0.2, 0.25) is 0 Å². The molecule has 0 saturated carbocycles. The maximum atomic E-state index is 9.28. The van der Waals surface area contributed by atoms with Crippen molar-refractivity contribution in [1.29, 1.82) is 0 Å². The van der Waals surface area contributed by atoms with Crippen molar-refractivity contribution < 1.29 is 5.11 Å². The first kappa shape index (κ1) is 9.81. The van der Waals surface area contributed by atoms with Gasteiger partial charge in [0.1, 0.15) is 6.10 Å². The van der Waals surface area contributed by atoms with Crippen LogP contribution in [0.5, 0.6) is 0 Å². The minimum atomic E-state index is -0.578. The van der Waals surface area contributed by atoms with E-state index in [0.29, 0.717) is 0 Å². The third kappa shape index (κ3) is 3.76. The summed E-state index contributed by atoms with van der Waals surface area (Å²) in [4.78, 5) is 0. The molecule has 0 aromatic rings. The van der Waals surface area contributed by atoms with E-state index in [-0.39, 0.29) is 11.3 Å². The van der Waals surface area contributed by atoms with Crippen LogP contribution in [0.4, 0.5) is 0 Å². The van der Waals surface area contributed by atoms with Crippen LogP contribution in [0.3, 0.4) is 0 Å². The SMILES string of the molecule is CC(C)(C)C(O)C#CCCl. The second-order valence-corrected chi connectivity index (χ2v) is 3.49. The van der Waals surface area contributed by atoms with Gasteiger partial charge in [-0.15, -0.1) is 11.6 Å². The summed E-state index contributed by atoms with van der Waals surface area (Å²) in [5.74, 6) is 5.55. The molecule has 0 aromatic carbocycles. The number of alkyl halides is 1. The number of hydrogen-bond acceptors (Lipinski definition) is 1. The first-order valence-electron chi connectivity index (χ1n) is 3.21. The summed E-state index contributed by atoms with van der Waals surface area (Å²) in [5.41, 5.74) is -0.168. The molecule has 0 saturated heterocycles. The van der Waals surface area contributed by atoms with Gasteiger partial charge in [-0.3, -0.25) is 0 Å². The molecule has 0 aliphatic heterocycles. The molecule has 0 heterocycles. The molecule has 58 valence electrons. The lowest BCUT2D eigenvalue weighted by Crippen LogP contribution is -2.23. The minimum Gasteiger partial charge on any atom is -0.380 e. The van der Waals surface area contributed by atoms with Crippen LogP contribution >= 0.6 is 11.6 Å². The molecule has 1 N–H and O–H groups in total. The quantitative estimate of drug-likeness (QED) is 0.422. The molecule has 1 atom stereocenters. The summed E-state index contributed by atoms with van der Waals surface area (Å²) in [7, 11) is 0. The second kappa shape index (κ2) is 3.85. The predicted molar refractivity (Wildman–Crippen MR) is 44.0 cm³/mol. The maximum Gasteiger partial charge on any atom is 0.119 e. The van der Waals surface area contributed by atoms with Crippen molar-refractivity contribution in [2.75, 3.05) is 5.88 Å². The Labute approximate surface area is 67.4 Å². The summed E-state index contributed by atoms with van der Waals surface area (Å²) >= 11 is 5.31. The van der Waals surface area contributed by atoms with Gasteiger partial charge in [-0.1, -0.05) is 32.6 Å². The van der Waals surface area contributed by atoms with E-state index in [2.05, 4.69) is 11.8 Å². The van der Waals surface area contributed by atoms with Gasteiger partial charge in [0.2, 0.25) is 0 Å². The first-order chi connectivity index (χ1) is 4.48. The van der Waals surface area contributed by atoms with E-state index in [1.807, 2.05) is 20.8 Å². The molecule has 10 heavy (non-hydrogen) atoms. The molecule has 0 aromatic heterocycles. The summed E-state index contributed by atoms with van der Waals surface area (Å²) < 4.78 is 0. The Morgan fingerprint density at radius 2 is 2.00 bits per heavy atom. The van der Waals surface area contributed by atoms with E-state index in [1.54, 1.807) is 0 Å². The molecule has 1 nitrogen and oxygen atoms in total. The zero-order valence-electron chi connectivity index (χ0n) is 6.61. The molecular formula is C8H13ClO. The van der Waals surface area contributed by atoms with Crippen LogP contribution in [0.15, 0.2) is 0 Å². The second-order valence-electron chi connectivity index (χ2n) is 3.22. The fraction of sp³-hybridized carbons (Fsp3) is 0.750. The first-order valence-corrected chi connectivity index (χ1v) is 3.74. The maximum absolute atomic E-state index is 9.28. The monoisotopic (exact) mass is 160 g/mol. The van der Waals surface area contributed by atoms with E-state index in [1.165, 1.54) is 0 Å². The normalized spacial score (nSPS) is 13.7. The minimum absolute atomic E-state index is 0.168. The molecule has 2 heteroatoms. The zero-order chi connectivity index (χ0) is 8.20. The largest absolute Gasteiger partial charge is 0.380 e. The lowest BCUT2D eigenvalue weighted by Gasteiger charge is -2.20. The fourth-order valence-electron chi connectivity index (χ4n) is 0.352. The van der Waals surface area contributed by atoms with Crippen molar-refractivity contribution in [3.8, 4) is 11.8 Å². The van der Waals surface area contributed by atoms with Gasteiger partial charge >= 0.3 is 0 Å². The summed E-state index contributed by atoms with van der Waals surface area (Å²) in [5, 5.41) is 9.28. The Morgan fingerprint density at radius 1 is 1.50 bits per heavy atom. The van der Waals surface area contributed by atoms with Crippen molar-refractivity contribution in [1.82, 2.24) is 0 Å². The molecule has 0 aliphatic rings. The number of hydrogen-bond donors (Lipinski definition) is 1. The van der Waals surface area contributed by atoms with Gasteiger partial charge in [0.25, 0.3) is 0 Å². The zero-order valence-corrected chi connectivity index (χ0v) is 7.37. The number of aliphatic hydroxyl groups excluding tert-OH is 1. The smallest absolute Gasteiger partial charge is 0.119 e. The Kier molecular flexibility index (Phi) is 3.78. The Hall–Kier alpha value is -0.190. The van der Waals surface area contributed by atoms with Crippen LogP contribution in [-0.4, -0.2) is 17.1 Å². The highest BCUT2D eigenvalue weighted by Crippen LogP contribution is 2.17. The third-order valence-electron chi connectivity index (χ3n) is 1.13. The third-order valence-corrected chi connectivity index (χ3v) is 1.26. The van der Waals surface area contributed by atoms with Crippen LogP contribution < -0.4 is 0 Å². The standard InChI is InChI=1S/C8H13ClO/c1-8(2,3)7(10)5-4-6-9/h7,10H,6H2,1-3H3. The average molecular weight is 161 g/mol. The highest BCUT2D eigenvalue weighted by atomic mass is 35.5. The van der Waals surface area contributed by atoms with Crippen molar-refractivity contribution in [2.45, 2.75) is 26.9 Å². The topological polar surface area (TPSA) is 20.2 Å².